The Hall–Kier alpha value is -3.13. The van der Waals surface area contributed by atoms with Crippen molar-refractivity contribution in [3.05, 3.63) is 59.9 Å². The summed E-state index contributed by atoms with van der Waals surface area (Å²) >= 11 is 0. The fraction of sp³-hybridized carbons (Fsp3) is 0.364. The van der Waals surface area contributed by atoms with Crippen molar-refractivity contribution >= 4 is 17.6 Å². The van der Waals surface area contributed by atoms with E-state index in [9.17, 15) is 14.0 Å². The number of hydrogen-bond donors (Lipinski definition) is 2. The second-order valence-corrected chi connectivity index (χ2v) is 7.16. The van der Waals surface area contributed by atoms with E-state index in [4.69, 9.17) is 4.74 Å². The second-order valence-electron chi connectivity index (χ2n) is 7.16. The van der Waals surface area contributed by atoms with Crippen LogP contribution in [0.25, 0.3) is 0 Å². The Morgan fingerprint density at radius 1 is 1.07 bits per heavy atom. The molecule has 3 amide bonds. The van der Waals surface area contributed by atoms with E-state index < -0.39 is 5.82 Å². The molecule has 30 heavy (non-hydrogen) atoms. The van der Waals surface area contributed by atoms with Crippen molar-refractivity contribution in [3.8, 4) is 5.75 Å². The lowest BCUT2D eigenvalue weighted by Crippen LogP contribution is -2.53. The highest BCUT2D eigenvalue weighted by Gasteiger charge is 2.24. The molecule has 0 aromatic heterocycles. The normalized spacial score (nSPS) is 14.9. The zero-order chi connectivity index (χ0) is 21.5. The van der Waals surface area contributed by atoms with Crippen LogP contribution in [0.4, 0.5) is 14.9 Å². The summed E-state index contributed by atoms with van der Waals surface area (Å²) in [6.07, 6.45) is 0. The number of anilines is 1. The molecule has 1 saturated heterocycles. The lowest BCUT2D eigenvalue weighted by molar-refractivity contribution is -0.131. The first kappa shape index (κ1) is 21.6. The average Bonchev–Trinajstić information content (AvgIpc) is 2.78. The molecule has 1 heterocycles. The molecule has 1 fully saturated rings. The Bertz CT molecular complexity index is 870. The highest BCUT2D eigenvalue weighted by atomic mass is 19.1. The number of piperazine rings is 1. The number of methoxy groups -OCH3 is 1. The summed E-state index contributed by atoms with van der Waals surface area (Å²) in [7, 11) is 1.42. The minimum absolute atomic E-state index is 0.0426. The summed E-state index contributed by atoms with van der Waals surface area (Å²) in [4.78, 5) is 28.3. The van der Waals surface area contributed by atoms with Crippen molar-refractivity contribution < 1.29 is 18.7 Å². The number of amides is 3. The Morgan fingerprint density at radius 2 is 1.73 bits per heavy atom. The first-order chi connectivity index (χ1) is 14.5. The summed E-state index contributed by atoms with van der Waals surface area (Å²) in [5.41, 5.74) is 1.48. The smallest absolute Gasteiger partial charge is 0.321 e. The number of halogens is 1. The zero-order valence-corrected chi connectivity index (χ0v) is 17.2. The average molecular weight is 414 g/mol. The number of rotatable bonds is 6. The van der Waals surface area contributed by atoms with Crippen LogP contribution in [0.3, 0.4) is 0 Å². The van der Waals surface area contributed by atoms with Gasteiger partial charge in [0.25, 0.3) is 0 Å². The summed E-state index contributed by atoms with van der Waals surface area (Å²) in [6, 6.07) is 13.7. The summed E-state index contributed by atoms with van der Waals surface area (Å²) in [5, 5.41) is 5.99. The Morgan fingerprint density at radius 3 is 2.37 bits per heavy atom. The number of carbonyl (C=O) groups excluding carboxylic acids is 2. The number of ether oxygens (including phenoxy) is 1. The molecule has 2 aromatic carbocycles. The molecule has 0 radical (unpaired) electrons. The van der Waals surface area contributed by atoms with Crippen molar-refractivity contribution in [2.75, 3.05) is 45.2 Å². The lowest BCUT2D eigenvalue weighted by atomic mass is 10.1. The molecule has 0 spiro atoms. The van der Waals surface area contributed by atoms with Gasteiger partial charge >= 0.3 is 6.03 Å². The fourth-order valence-corrected chi connectivity index (χ4v) is 3.30. The van der Waals surface area contributed by atoms with Crippen LogP contribution in [-0.4, -0.2) is 61.6 Å². The third-order valence-corrected chi connectivity index (χ3v) is 5.18. The third kappa shape index (κ3) is 5.48. The van der Waals surface area contributed by atoms with Crippen molar-refractivity contribution in [3.63, 3.8) is 0 Å². The summed E-state index contributed by atoms with van der Waals surface area (Å²) in [5.74, 6) is -0.282. The van der Waals surface area contributed by atoms with Gasteiger partial charge in [-0.2, -0.15) is 0 Å². The number of carbonyl (C=O) groups is 2. The van der Waals surface area contributed by atoms with E-state index in [-0.39, 0.29) is 30.3 Å². The van der Waals surface area contributed by atoms with Gasteiger partial charge in [0.1, 0.15) is 0 Å². The molecule has 1 unspecified atom stereocenters. The number of nitrogens with one attached hydrogen (secondary N) is 2. The first-order valence-electron chi connectivity index (χ1n) is 9.93. The van der Waals surface area contributed by atoms with Gasteiger partial charge in [-0.1, -0.05) is 24.3 Å². The van der Waals surface area contributed by atoms with Crippen LogP contribution in [0.1, 0.15) is 18.5 Å². The van der Waals surface area contributed by atoms with Crippen molar-refractivity contribution in [2.24, 2.45) is 0 Å². The third-order valence-electron chi connectivity index (χ3n) is 5.18. The van der Waals surface area contributed by atoms with Crippen molar-refractivity contribution in [2.45, 2.75) is 13.0 Å². The highest BCUT2D eigenvalue weighted by Crippen LogP contribution is 2.21. The van der Waals surface area contributed by atoms with Gasteiger partial charge in [-0.3, -0.25) is 4.79 Å². The quantitative estimate of drug-likeness (QED) is 0.762. The van der Waals surface area contributed by atoms with Crippen LogP contribution in [0.15, 0.2) is 48.5 Å². The zero-order valence-electron chi connectivity index (χ0n) is 17.2. The maximum absolute atomic E-state index is 13.9. The molecule has 1 aliphatic heterocycles. The van der Waals surface area contributed by atoms with Gasteiger partial charge in [0.15, 0.2) is 11.6 Å². The minimum Gasteiger partial charge on any atom is -0.494 e. The summed E-state index contributed by atoms with van der Waals surface area (Å²) < 4.78 is 18.8. The highest BCUT2D eigenvalue weighted by molar-refractivity contribution is 5.89. The molecule has 2 aromatic rings. The van der Waals surface area contributed by atoms with Gasteiger partial charge < -0.3 is 25.2 Å². The van der Waals surface area contributed by atoms with Crippen LogP contribution in [0, 0.1) is 5.82 Å². The van der Waals surface area contributed by atoms with Crippen molar-refractivity contribution in [1.29, 1.82) is 0 Å². The van der Waals surface area contributed by atoms with E-state index in [1.165, 1.54) is 13.2 Å². The predicted molar refractivity (Wildman–Crippen MR) is 113 cm³/mol. The fourth-order valence-electron chi connectivity index (χ4n) is 3.30. The lowest BCUT2D eigenvalue weighted by Gasteiger charge is -2.35. The van der Waals surface area contributed by atoms with Crippen LogP contribution in [0.5, 0.6) is 5.75 Å². The van der Waals surface area contributed by atoms with E-state index >= 15 is 0 Å². The molecular formula is C22H27FN4O3. The minimum atomic E-state index is -0.431. The van der Waals surface area contributed by atoms with E-state index in [0.717, 1.165) is 11.3 Å². The van der Waals surface area contributed by atoms with Gasteiger partial charge in [0, 0.05) is 37.9 Å². The van der Waals surface area contributed by atoms with Crippen LogP contribution >= 0.6 is 0 Å². The molecule has 1 aliphatic rings. The van der Waals surface area contributed by atoms with E-state index in [1.54, 1.807) is 21.9 Å². The Kier molecular flexibility index (Phi) is 7.24. The van der Waals surface area contributed by atoms with Crippen LogP contribution in [0.2, 0.25) is 0 Å². The largest absolute Gasteiger partial charge is 0.494 e. The topological polar surface area (TPSA) is 73.9 Å². The van der Waals surface area contributed by atoms with Crippen LogP contribution < -0.4 is 15.4 Å². The number of nitrogens with zero attached hydrogens (tertiary/aromatic N) is 2. The number of para-hydroxylation sites is 1. The predicted octanol–water partition coefficient (Wildman–Crippen LogP) is 2.86. The maximum Gasteiger partial charge on any atom is 0.321 e. The Labute approximate surface area is 175 Å². The molecule has 160 valence electrons. The summed E-state index contributed by atoms with van der Waals surface area (Å²) in [6.45, 7) is 3.93. The van der Waals surface area contributed by atoms with Gasteiger partial charge in [-0.15, -0.1) is 0 Å². The molecular weight excluding hydrogens is 387 g/mol. The molecule has 1 atom stereocenters. The molecule has 0 aliphatic carbocycles. The van der Waals surface area contributed by atoms with Crippen LogP contribution in [-0.2, 0) is 4.79 Å². The number of urea groups is 1. The second kappa shape index (κ2) is 10.1. The molecule has 7 nitrogen and oxygen atoms in total. The van der Waals surface area contributed by atoms with Gasteiger partial charge in [-0.25, -0.2) is 9.18 Å². The van der Waals surface area contributed by atoms with Gasteiger partial charge in [0.05, 0.1) is 13.7 Å². The van der Waals surface area contributed by atoms with Gasteiger partial charge in [-0.05, 0) is 36.8 Å². The molecule has 0 bridgehead atoms. The molecule has 8 heteroatoms. The van der Waals surface area contributed by atoms with E-state index in [0.29, 0.717) is 26.2 Å². The molecule has 3 rings (SSSR count). The molecule has 0 saturated carbocycles. The van der Waals surface area contributed by atoms with E-state index in [1.807, 2.05) is 37.3 Å². The maximum atomic E-state index is 13.9. The monoisotopic (exact) mass is 414 g/mol. The standard InChI is InChI=1S/C22H27FN4O3/c1-16(17-8-9-20(30-2)19(23)14-17)24-15-21(28)26-10-12-27(13-11-26)22(29)25-18-6-4-3-5-7-18/h3-9,14,16,24H,10-13,15H2,1-2H3,(H,25,29). The SMILES string of the molecule is COc1ccc(C(C)NCC(=O)N2CCN(C(=O)Nc3ccccc3)CC2)cc1F. The number of benzene rings is 2. The Balaban J connectivity index is 1.44. The van der Waals surface area contributed by atoms with Crippen molar-refractivity contribution in [1.82, 2.24) is 15.1 Å². The molecule has 2 N–H and O–H groups in total. The van der Waals surface area contributed by atoms with Gasteiger partial charge in [0.2, 0.25) is 5.91 Å². The number of hydrogen-bond acceptors (Lipinski definition) is 4. The first-order valence-corrected chi connectivity index (χ1v) is 9.93. The van der Waals surface area contributed by atoms with E-state index in [2.05, 4.69) is 10.6 Å².